The molecule has 3 aromatic rings. The molecule has 2 aromatic carbocycles. The third-order valence-electron chi connectivity index (χ3n) is 7.03. The number of nitrogens with one attached hydrogen (secondary N) is 2. The number of pyridine rings is 1. The second-order valence-corrected chi connectivity index (χ2v) is 12.0. The van der Waals surface area contributed by atoms with Gasteiger partial charge in [0.25, 0.3) is 0 Å². The molecule has 1 aromatic heterocycles. The molecule has 10 heteroatoms. The normalized spacial score (nSPS) is 14.6. The molecule has 0 spiro atoms. The summed E-state index contributed by atoms with van der Waals surface area (Å²) < 4.78 is 17.9. The number of aromatic nitrogens is 1. The van der Waals surface area contributed by atoms with Crippen molar-refractivity contribution in [1.82, 2.24) is 20.1 Å². The van der Waals surface area contributed by atoms with E-state index in [2.05, 4.69) is 53.2 Å². The Morgan fingerprint density at radius 1 is 1.02 bits per heavy atom. The van der Waals surface area contributed by atoms with Crippen molar-refractivity contribution in [3.8, 4) is 23.0 Å². The number of ether oxygens (including phenoxy) is 3. The highest BCUT2D eigenvalue weighted by atomic mass is 35.5. The minimum atomic E-state index is -0.274. The number of hydrogen-bond donors (Lipinski definition) is 2. The number of hydrogen-bond acceptors (Lipinski definition) is 7. The number of halogens is 1. The van der Waals surface area contributed by atoms with Crippen LogP contribution < -0.4 is 24.8 Å². The maximum Gasteiger partial charge on any atom is 0.319 e. The highest BCUT2D eigenvalue weighted by Gasteiger charge is 2.16. The van der Waals surface area contributed by atoms with Crippen LogP contribution in [0, 0.1) is 5.41 Å². The first-order valence-electron chi connectivity index (χ1n) is 14.1. The molecule has 41 heavy (non-hydrogen) atoms. The summed E-state index contributed by atoms with van der Waals surface area (Å²) in [5.41, 5.74) is 1.44. The fourth-order valence-electron chi connectivity index (χ4n) is 4.54. The second kappa shape index (κ2) is 14.1. The number of likely N-dealkylation sites (N-methyl/N-ethyl adjacent to an activating group) is 1. The molecule has 2 N–H and O–H groups in total. The number of amides is 2. The molecular weight excluding hydrogens is 542 g/mol. The largest absolute Gasteiger partial charge is 0.493 e. The Kier molecular flexibility index (Phi) is 10.5. The predicted octanol–water partition coefficient (Wildman–Crippen LogP) is 6.26. The van der Waals surface area contributed by atoms with Gasteiger partial charge in [-0.05, 0) is 55.6 Å². The number of carbonyl (C=O) groups is 1. The standard InChI is InChI=1S/C31H42ClN5O4/c1-31(2,3)10-12-34-30(38)35-22-7-8-27(24(32)19-22)41-26-9-11-33-25-21-29(28(39-5)20-23(25)26)40-18-6-13-37-16-14-36(4)15-17-37/h7-9,11,19-21H,6,10,12-18H2,1-5H3,(H2,34,35,38). The Labute approximate surface area is 248 Å². The van der Waals surface area contributed by atoms with Crippen molar-refractivity contribution in [3.05, 3.63) is 47.6 Å². The lowest BCUT2D eigenvalue weighted by Crippen LogP contribution is -2.44. The molecule has 1 aliphatic rings. The summed E-state index contributed by atoms with van der Waals surface area (Å²) in [5.74, 6) is 2.30. The zero-order chi connectivity index (χ0) is 29.4. The van der Waals surface area contributed by atoms with E-state index in [4.69, 9.17) is 25.8 Å². The minimum absolute atomic E-state index is 0.149. The first kappa shape index (κ1) is 30.7. The van der Waals surface area contributed by atoms with E-state index in [9.17, 15) is 4.79 Å². The number of nitrogens with zero attached hydrogens (tertiary/aromatic N) is 3. The average molecular weight is 584 g/mol. The van der Waals surface area contributed by atoms with Crippen LogP contribution in [0.25, 0.3) is 10.9 Å². The molecule has 2 amide bonds. The lowest BCUT2D eigenvalue weighted by molar-refractivity contribution is 0.145. The molecule has 4 rings (SSSR count). The van der Waals surface area contributed by atoms with Crippen molar-refractivity contribution in [2.75, 3.05) is 65.3 Å². The third kappa shape index (κ3) is 9.11. The first-order valence-corrected chi connectivity index (χ1v) is 14.5. The lowest BCUT2D eigenvalue weighted by atomic mass is 9.92. The molecule has 0 aliphatic carbocycles. The van der Waals surface area contributed by atoms with Crippen molar-refractivity contribution in [2.45, 2.75) is 33.6 Å². The molecule has 1 saturated heterocycles. The molecule has 0 atom stereocenters. The highest BCUT2D eigenvalue weighted by Crippen LogP contribution is 2.39. The number of anilines is 1. The third-order valence-corrected chi connectivity index (χ3v) is 7.32. The van der Waals surface area contributed by atoms with E-state index in [0.29, 0.717) is 46.9 Å². The van der Waals surface area contributed by atoms with Crippen molar-refractivity contribution >= 4 is 34.2 Å². The fraction of sp³-hybridized carbons (Fsp3) is 0.484. The number of benzene rings is 2. The number of carbonyl (C=O) groups excluding carboxylic acids is 1. The predicted molar refractivity (Wildman–Crippen MR) is 165 cm³/mol. The maximum atomic E-state index is 12.3. The maximum absolute atomic E-state index is 12.3. The Balaban J connectivity index is 1.38. The van der Waals surface area contributed by atoms with Crippen molar-refractivity contribution in [3.63, 3.8) is 0 Å². The Bertz CT molecular complexity index is 1320. The van der Waals surface area contributed by atoms with Gasteiger partial charge in [0, 0.05) is 62.6 Å². The van der Waals surface area contributed by atoms with Crippen LogP contribution in [0.15, 0.2) is 42.6 Å². The second-order valence-electron chi connectivity index (χ2n) is 11.6. The Hall–Kier alpha value is -3.27. The summed E-state index contributed by atoms with van der Waals surface area (Å²) in [6.07, 6.45) is 3.50. The van der Waals surface area contributed by atoms with Crippen molar-refractivity contribution in [1.29, 1.82) is 0 Å². The van der Waals surface area contributed by atoms with E-state index in [1.807, 2.05) is 12.1 Å². The lowest BCUT2D eigenvalue weighted by Gasteiger charge is -2.32. The van der Waals surface area contributed by atoms with Crippen molar-refractivity contribution in [2.24, 2.45) is 5.41 Å². The van der Waals surface area contributed by atoms with Gasteiger partial charge in [0.1, 0.15) is 11.5 Å². The van der Waals surface area contributed by atoms with E-state index in [1.54, 1.807) is 37.6 Å². The summed E-state index contributed by atoms with van der Waals surface area (Å²) in [4.78, 5) is 21.6. The number of piperazine rings is 1. The molecule has 0 bridgehead atoms. The SMILES string of the molecule is COc1cc2c(Oc3ccc(NC(=O)NCCC(C)(C)C)cc3Cl)ccnc2cc1OCCCN1CCN(C)CC1. The van der Waals surface area contributed by atoms with Gasteiger partial charge >= 0.3 is 6.03 Å². The summed E-state index contributed by atoms with van der Waals surface area (Å²) in [7, 11) is 3.79. The fourth-order valence-corrected chi connectivity index (χ4v) is 4.76. The van der Waals surface area contributed by atoms with Gasteiger partial charge in [-0.1, -0.05) is 32.4 Å². The number of rotatable bonds is 11. The van der Waals surface area contributed by atoms with Gasteiger partial charge in [0.15, 0.2) is 11.5 Å². The van der Waals surface area contributed by atoms with E-state index in [-0.39, 0.29) is 11.4 Å². The van der Waals surface area contributed by atoms with Gasteiger partial charge < -0.3 is 34.6 Å². The van der Waals surface area contributed by atoms with Gasteiger partial charge in [-0.2, -0.15) is 0 Å². The molecule has 222 valence electrons. The van der Waals surface area contributed by atoms with Gasteiger partial charge in [0.2, 0.25) is 0 Å². The van der Waals surface area contributed by atoms with Crippen LogP contribution in [-0.4, -0.2) is 80.8 Å². The van der Waals surface area contributed by atoms with Gasteiger partial charge in [-0.25, -0.2) is 4.79 Å². The summed E-state index contributed by atoms with van der Waals surface area (Å²) in [5, 5.41) is 6.83. The zero-order valence-electron chi connectivity index (χ0n) is 24.8. The molecule has 1 aliphatic heterocycles. The van der Waals surface area contributed by atoms with E-state index in [0.717, 1.165) is 56.5 Å². The molecule has 1 fully saturated rings. The highest BCUT2D eigenvalue weighted by molar-refractivity contribution is 6.32. The molecule has 9 nitrogen and oxygen atoms in total. The summed E-state index contributed by atoms with van der Waals surface area (Å²) >= 11 is 6.53. The number of methoxy groups -OCH3 is 1. The van der Waals surface area contributed by atoms with E-state index >= 15 is 0 Å². The van der Waals surface area contributed by atoms with E-state index in [1.165, 1.54) is 0 Å². The minimum Gasteiger partial charge on any atom is -0.493 e. The number of urea groups is 1. The Morgan fingerprint density at radius 3 is 2.51 bits per heavy atom. The molecule has 2 heterocycles. The van der Waals surface area contributed by atoms with Crippen LogP contribution in [0.2, 0.25) is 5.02 Å². The molecular formula is C31H42ClN5O4. The first-order chi connectivity index (χ1) is 19.6. The van der Waals surface area contributed by atoms with Crippen LogP contribution in [0.3, 0.4) is 0 Å². The van der Waals surface area contributed by atoms with Crippen molar-refractivity contribution < 1.29 is 19.0 Å². The van der Waals surface area contributed by atoms with Crippen LogP contribution in [-0.2, 0) is 0 Å². The van der Waals surface area contributed by atoms with Gasteiger partial charge in [0.05, 0.1) is 24.3 Å². The van der Waals surface area contributed by atoms with Crippen LogP contribution in [0.5, 0.6) is 23.0 Å². The summed E-state index contributed by atoms with van der Waals surface area (Å²) in [6.45, 7) is 13.0. The smallest absolute Gasteiger partial charge is 0.319 e. The zero-order valence-corrected chi connectivity index (χ0v) is 25.5. The van der Waals surface area contributed by atoms with Crippen LogP contribution in [0.1, 0.15) is 33.6 Å². The average Bonchev–Trinajstić information content (AvgIpc) is 2.92. The topological polar surface area (TPSA) is 88.2 Å². The monoisotopic (exact) mass is 583 g/mol. The van der Waals surface area contributed by atoms with Crippen LogP contribution >= 0.6 is 11.6 Å². The Morgan fingerprint density at radius 2 is 1.80 bits per heavy atom. The van der Waals surface area contributed by atoms with Gasteiger partial charge in [-0.15, -0.1) is 0 Å². The van der Waals surface area contributed by atoms with E-state index < -0.39 is 0 Å². The molecule has 0 saturated carbocycles. The molecule has 0 radical (unpaired) electrons. The quantitative estimate of drug-likeness (QED) is 0.257. The molecule has 0 unspecified atom stereocenters. The summed E-state index contributed by atoms with van der Waals surface area (Å²) in [6, 6.07) is 10.4. The number of fused-ring (bicyclic) bond motifs is 1. The van der Waals surface area contributed by atoms with Gasteiger partial charge in [-0.3, -0.25) is 4.98 Å². The van der Waals surface area contributed by atoms with Crippen LogP contribution in [0.4, 0.5) is 10.5 Å².